The summed E-state index contributed by atoms with van der Waals surface area (Å²) in [6.45, 7) is 0. The van der Waals surface area contributed by atoms with Crippen LogP contribution in [0.5, 0.6) is 0 Å². The van der Waals surface area contributed by atoms with Crippen LogP contribution in [0.15, 0.2) is 212 Å². The minimum Gasteiger partial charge on any atom is -0.388 e. The van der Waals surface area contributed by atoms with E-state index in [1.54, 1.807) is 0 Å². The summed E-state index contributed by atoms with van der Waals surface area (Å²) in [6, 6.07) is 65.7. The van der Waals surface area contributed by atoms with Gasteiger partial charge in [-0.2, -0.15) is 0 Å². The highest BCUT2D eigenvalue weighted by molar-refractivity contribution is 5.53. The van der Waals surface area contributed by atoms with E-state index in [1.807, 2.05) is 36.4 Å². The molecular weight excluding hydrogens is 851 g/mol. The number of likely N-dealkylation sites (N-methyl/N-ethyl adjacent to an activating group) is 3. The summed E-state index contributed by atoms with van der Waals surface area (Å²) in [5.74, 6) is 0. The summed E-state index contributed by atoms with van der Waals surface area (Å²) in [5, 5.41) is 10.5. The molecule has 70 heavy (non-hydrogen) atoms. The highest BCUT2D eigenvalue weighted by atomic mass is 16.3. The normalized spacial score (nSPS) is 23.0. The molecule has 9 rings (SSSR count). The minimum atomic E-state index is -0.379. The lowest BCUT2D eigenvalue weighted by Gasteiger charge is -2.39. The Bertz CT molecular complexity index is 2250. The molecule has 3 fully saturated rings. The summed E-state index contributed by atoms with van der Waals surface area (Å²) in [6.07, 6.45) is 34.6. The number of rotatable bonds is 13. The average Bonchev–Trinajstić information content (AvgIpc) is 3.42. The van der Waals surface area contributed by atoms with Crippen molar-refractivity contribution in [2.45, 2.75) is 107 Å². The van der Waals surface area contributed by atoms with Crippen LogP contribution in [0.25, 0.3) is 30.4 Å². The number of hydrogen-bond donors (Lipinski definition) is 1. The van der Waals surface area contributed by atoms with Crippen LogP contribution in [0.2, 0.25) is 0 Å². The van der Waals surface area contributed by atoms with Gasteiger partial charge >= 0.3 is 0 Å². The average molecular weight is 928 g/mol. The van der Waals surface area contributed by atoms with Gasteiger partial charge in [-0.1, -0.05) is 249 Å². The molecule has 3 heterocycles. The number of aliphatic hydroxyl groups excluding tert-OH is 1. The number of benzene rings is 6. The van der Waals surface area contributed by atoms with Gasteiger partial charge in [-0.15, -0.1) is 0 Å². The molecule has 3 aliphatic rings. The Hall–Kier alpha value is -6.14. The van der Waals surface area contributed by atoms with Crippen LogP contribution in [-0.2, 0) is 0 Å². The number of likely N-dealkylation sites (tertiary alicyclic amines) is 3. The molecule has 3 aliphatic heterocycles. The first-order valence-corrected chi connectivity index (χ1v) is 25.9. The van der Waals surface area contributed by atoms with Gasteiger partial charge in [0.1, 0.15) is 0 Å². The predicted molar refractivity (Wildman–Crippen MR) is 301 cm³/mol. The molecule has 0 spiro atoms. The monoisotopic (exact) mass is 928 g/mol. The Labute approximate surface area is 421 Å². The Kier molecular flexibility index (Phi) is 21.1. The molecule has 4 heteroatoms. The number of aliphatic hydroxyl groups is 1. The number of hydrogen-bond acceptors (Lipinski definition) is 4. The zero-order chi connectivity index (χ0) is 48.6. The first kappa shape index (κ1) is 51.7. The molecule has 0 saturated carbocycles. The molecule has 4 nitrogen and oxygen atoms in total. The minimum absolute atomic E-state index is 0.379. The molecule has 0 aliphatic carbocycles. The fourth-order valence-electron chi connectivity index (χ4n) is 10.1. The van der Waals surface area contributed by atoms with E-state index in [0.29, 0.717) is 36.3 Å². The van der Waals surface area contributed by atoms with Crippen molar-refractivity contribution in [2.75, 3.05) is 21.1 Å². The van der Waals surface area contributed by atoms with Gasteiger partial charge in [0.25, 0.3) is 0 Å². The molecule has 1 N–H and O–H groups in total. The molecule has 6 aromatic rings. The van der Waals surface area contributed by atoms with Gasteiger partial charge < -0.3 is 5.11 Å². The van der Waals surface area contributed by atoms with E-state index in [0.717, 1.165) is 18.4 Å². The third-order valence-corrected chi connectivity index (χ3v) is 14.5. The smallest absolute Gasteiger partial charge is 0.0805 e. The summed E-state index contributed by atoms with van der Waals surface area (Å²) in [5.41, 5.74) is 7.39. The van der Waals surface area contributed by atoms with E-state index in [2.05, 4.69) is 242 Å². The fraction of sp³-hybridized carbons (Fsp3) is 0.303. The van der Waals surface area contributed by atoms with Crippen LogP contribution >= 0.6 is 0 Å². The van der Waals surface area contributed by atoms with Gasteiger partial charge in [0, 0.05) is 36.3 Å². The van der Waals surface area contributed by atoms with E-state index in [-0.39, 0.29) is 6.10 Å². The van der Waals surface area contributed by atoms with Gasteiger partial charge in [-0.25, -0.2) is 0 Å². The van der Waals surface area contributed by atoms with Crippen LogP contribution in [0.1, 0.15) is 104 Å². The molecule has 362 valence electrons. The molecule has 0 aromatic heterocycles. The Morgan fingerprint density at radius 2 is 0.600 bits per heavy atom. The lowest BCUT2D eigenvalue weighted by Crippen LogP contribution is -2.43. The molecule has 0 amide bonds. The van der Waals surface area contributed by atoms with E-state index in [9.17, 15) is 5.11 Å². The second-order valence-electron chi connectivity index (χ2n) is 19.3. The molecule has 6 aromatic carbocycles. The van der Waals surface area contributed by atoms with Crippen LogP contribution in [0.4, 0.5) is 0 Å². The van der Waals surface area contributed by atoms with Crippen molar-refractivity contribution in [3.63, 3.8) is 0 Å². The third kappa shape index (κ3) is 16.8. The van der Waals surface area contributed by atoms with Gasteiger partial charge in [0.2, 0.25) is 0 Å². The van der Waals surface area contributed by atoms with Crippen molar-refractivity contribution in [1.82, 2.24) is 14.7 Å². The van der Waals surface area contributed by atoms with Gasteiger partial charge in [-0.3, -0.25) is 14.7 Å². The zero-order valence-corrected chi connectivity index (χ0v) is 42.0. The van der Waals surface area contributed by atoms with E-state index < -0.39 is 0 Å². The summed E-state index contributed by atoms with van der Waals surface area (Å²) in [4.78, 5) is 7.44. The molecule has 0 unspecified atom stereocenters. The van der Waals surface area contributed by atoms with Crippen molar-refractivity contribution >= 4 is 30.4 Å². The quantitative estimate of drug-likeness (QED) is 0.125. The number of piperidine rings is 3. The van der Waals surface area contributed by atoms with Crippen molar-refractivity contribution in [1.29, 1.82) is 0 Å². The molecule has 3 saturated heterocycles. The fourth-order valence-corrected chi connectivity index (χ4v) is 10.1. The molecule has 7 atom stereocenters. The third-order valence-electron chi connectivity index (χ3n) is 14.5. The standard InChI is InChI=1S/C22H27NO.2C22H25N/c1-23-20(16-15-18-9-4-2-5-10-18)13-8-14-21(23)17-22(24)19-11-6-3-7-12-19;2*1-23-21(17-15-19-9-4-2-5-10-19)13-8-14-22(23)18-16-20-11-6-3-7-12-20/h2-7,9-12,15-16,20-22,24H,8,13-14,17H2,1H3;2*2-7,9-12,15-18,21-22H,8,13-14H2,1H3/b16-15+;2*17-15+,18-16+/t20-,21+,22+;21-,22+;21-,22-/m1.1/s1. The van der Waals surface area contributed by atoms with Crippen molar-refractivity contribution in [3.05, 3.63) is 246 Å². The van der Waals surface area contributed by atoms with Crippen molar-refractivity contribution < 1.29 is 5.11 Å². The maximum atomic E-state index is 10.5. The van der Waals surface area contributed by atoms with Crippen LogP contribution in [-0.4, -0.2) is 77.2 Å². The number of nitrogens with zero attached hydrogens (tertiary/aromatic N) is 3. The Morgan fingerprint density at radius 3 is 0.886 bits per heavy atom. The summed E-state index contributed by atoms with van der Waals surface area (Å²) < 4.78 is 0. The van der Waals surface area contributed by atoms with Crippen LogP contribution in [0.3, 0.4) is 0 Å². The highest BCUT2D eigenvalue weighted by Crippen LogP contribution is 2.30. The molecular formula is C66H77N3O. The topological polar surface area (TPSA) is 30.0 Å². The molecule has 0 radical (unpaired) electrons. The predicted octanol–water partition coefficient (Wildman–Crippen LogP) is 15.2. The van der Waals surface area contributed by atoms with Gasteiger partial charge in [0.15, 0.2) is 0 Å². The maximum Gasteiger partial charge on any atom is 0.0805 e. The summed E-state index contributed by atoms with van der Waals surface area (Å²) >= 11 is 0. The van der Waals surface area contributed by atoms with Gasteiger partial charge in [0.05, 0.1) is 6.10 Å². The Balaban J connectivity index is 0.000000155. The largest absolute Gasteiger partial charge is 0.388 e. The van der Waals surface area contributed by atoms with Gasteiger partial charge in [-0.05, 0) is 112 Å². The van der Waals surface area contributed by atoms with Crippen molar-refractivity contribution in [3.8, 4) is 0 Å². The summed E-state index contributed by atoms with van der Waals surface area (Å²) in [7, 11) is 6.69. The highest BCUT2D eigenvalue weighted by Gasteiger charge is 2.28. The first-order chi connectivity index (χ1) is 34.4. The van der Waals surface area contributed by atoms with E-state index in [4.69, 9.17) is 0 Å². The lowest BCUT2D eigenvalue weighted by molar-refractivity contribution is 0.0762. The first-order valence-electron chi connectivity index (χ1n) is 25.9. The zero-order valence-electron chi connectivity index (χ0n) is 42.0. The maximum absolute atomic E-state index is 10.5. The SMILES string of the molecule is CN1[C@@H](/C=C/c2ccccc2)CCC[C@@H]1/C=C/c1ccccc1.CN1[C@H](/C=C/c2ccccc2)CCC[C@@H]1/C=C/c1ccccc1.CN1[C@H](C[C@H](O)c2ccccc2)CCC[C@@H]1/C=C/c1ccccc1. The second kappa shape index (κ2) is 28.5. The van der Waals surface area contributed by atoms with Crippen LogP contribution in [0, 0.1) is 0 Å². The van der Waals surface area contributed by atoms with E-state index >= 15 is 0 Å². The Morgan fingerprint density at radius 1 is 0.357 bits per heavy atom. The van der Waals surface area contributed by atoms with Crippen molar-refractivity contribution in [2.24, 2.45) is 0 Å². The van der Waals surface area contributed by atoms with E-state index in [1.165, 1.54) is 79.2 Å². The lowest BCUT2D eigenvalue weighted by atomic mass is 9.90. The second-order valence-corrected chi connectivity index (χ2v) is 19.3. The van der Waals surface area contributed by atoms with Crippen LogP contribution < -0.4 is 0 Å². The molecule has 0 bridgehead atoms.